The monoisotopic (exact) mass is 459 g/mol. The molecule has 1 aliphatic rings. The van der Waals surface area contributed by atoms with Gasteiger partial charge in [-0.05, 0) is 31.2 Å². The predicted molar refractivity (Wildman–Crippen MR) is 105 cm³/mol. The van der Waals surface area contributed by atoms with E-state index in [1.165, 1.54) is 19.2 Å². The molecule has 2 N–H and O–H groups in total. The second kappa shape index (κ2) is 10.0. The van der Waals surface area contributed by atoms with E-state index in [9.17, 15) is 22.0 Å². The van der Waals surface area contributed by atoms with Crippen LogP contribution in [0.1, 0.15) is 44.6 Å². The lowest BCUT2D eigenvalue weighted by molar-refractivity contribution is -0.192. The van der Waals surface area contributed by atoms with E-state index in [0.717, 1.165) is 35.1 Å². The molecule has 12 heteroatoms. The largest absolute Gasteiger partial charge is 0.490 e. The first kappa shape index (κ1) is 23.6. The molecule has 0 amide bonds. The van der Waals surface area contributed by atoms with Crippen LogP contribution in [0, 0.1) is 5.92 Å². The summed E-state index contributed by atoms with van der Waals surface area (Å²) in [6.07, 6.45) is 4.67. The summed E-state index contributed by atoms with van der Waals surface area (Å²) in [7, 11) is 0. The SMILES string of the molecule is FC(F)CCC(C1CCCC1)n1cc(-c2ncnc3[nH]ccc23)cn1.O=C(O)C(F)(F)F. The number of nitrogens with zero attached hydrogens (tertiary/aromatic N) is 4. The van der Waals surface area contributed by atoms with Gasteiger partial charge in [0.05, 0.1) is 17.9 Å². The number of nitrogens with one attached hydrogen (secondary N) is 1. The molecule has 174 valence electrons. The second-order valence-corrected chi connectivity index (χ2v) is 7.55. The molecule has 32 heavy (non-hydrogen) atoms. The Morgan fingerprint density at radius 1 is 1.22 bits per heavy atom. The third kappa shape index (κ3) is 5.80. The number of hydrogen-bond donors (Lipinski definition) is 2. The van der Waals surface area contributed by atoms with Crippen LogP contribution in [-0.4, -0.2) is 48.4 Å². The van der Waals surface area contributed by atoms with E-state index < -0.39 is 18.6 Å². The van der Waals surface area contributed by atoms with Crippen molar-refractivity contribution in [3.05, 3.63) is 31.0 Å². The number of hydrogen-bond acceptors (Lipinski definition) is 4. The number of aliphatic carboxylic acids is 1. The molecule has 0 spiro atoms. The maximum Gasteiger partial charge on any atom is 0.490 e. The molecule has 3 heterocycles. The lowest BCUT2D eigenvalue weighted by atomic mass is 9.94. The van der Waals surface area contributed by atoms with Crippen molar-refractivity contribution >= 4 is 17.0 Å². The molecule has 0 saturated heterocycles. The minimum absolute atomic E-state index is 0.0359. The molecule has 3 aromatic rings. The molecule has 4 rings (SSSR count). The third-order valence-corrected chi connectivity index (χ3v) is 5.44. The topological polar surface area (TPSA) is 96.7 Å². The van der Waals surface area contributed by atoms with Gasteiger partial charge in [0.25, 0.3) is 0 Å². The number of halogens is 5. The summed E-state index contributed by atoms with van der Waals surface area (Å²) in [5.41, 5.74) is 2.49. The predicted octanol–water partition coefficient (Wildman–Crippen LogP) is 5.23. The number of carboxylic acid groups (broad SMARTS) is 1. The minimum atomic E-state index is -5.08. The standard InChI is InChI=1S/C18H21F2N5.C2HF3O2/c19-16(20)6-5-15(12-3-1-2-4-12)25-10-13(9-24-25)17-14-7-8-21-18(14)23-11-22-17;3-2(4,5)1(6)7/h7-12,15-16H,1-6H2,(H,21,22,23);(H,6,7). The Hall–Kier alpha value is -3.05. The molecular weight excluding hydrogens is 437 g/mol. The van der Waals surface area contributed by atoms with Crippen LogP contribution in [0.2, 0.25) is 0 Å². The first-order valence-electron chi connectivity index (χ1n) is 10.1. The van der Waals surface area contributed by atoms with E-state index in [0.29, 0.717) is 12.3 Å². The van der Waals surface area contributed by atoms with Crippen LogP contribution in [0.5, 0.6) is 0 Å². The van der Waals surface area contributed by atoms with Gasteiger partial charge >= 0.3 is 12.1 Å². The summed E-state index contributed by atoms with van der Waals surface area (Å²) in [5, 5.41) is 12.6. The normalized spacial score (nSPS) is 15.7. The van der Waals surface area contributed by atoms with E-state index in [2.05, 4.69) is 20.1 Å². The van der Waals surface area contributed by atoms with Gasteiger partial charge in [0.15, 0.2) is 0 Å². The van der Waals surface area contributed by atoms with E-state index in [1.807, 2.05) is 23.1 Å². The third-order valence-electron chi connectivity index (χ3n) is 5.44. The fraction of sp³-hybridized carbons (Fsp3) is 0.500. The van der Waals surface area contributed by atoms with Crippen molar-refractivity contribution in [2.45, 2.75) is 57.2 Å². The summed E-state index contributed by atoms with van der Waals surface area (Å²) in [4.78, 5) is 20.6. The van der Waals surface area contributed by atoms with Crippen LogP contribution < -0.4 is 0 Å². The maximum absolute atomic E-state index is 12.8. The summed E-state index contributed by atoms with van der Waals surface area (Å²) >= 11 is 0. The molecule has 1 saturated carbocycles. The molecule has 0 bridgehead atoms. The lowest BCUT2D eigenvalue weighted by Crippen LogP contribution is -2.21. The zero-order valence-electron chi connectivity index (χ0n) is 16.9. The number of aromatic nitrogens is 5. The fourth-order valence-corrected chi connectivity index (χ4v) is 3.97. The van der Waals surface area contributed by atoms with E-state index in [1.54, 1.807) is 6.20 Å². The zero-order chi connectivity index (χ0) is 23.3. The molecule has 3 aromatic heterocycles. The van der Waals surface area contributed by atoms with Gasteiger partial charge in [0.2, 0.25) is 6.43 Å². The van der Waals surface area contributed by atoms with Gasteiger partial charge < -0.3 is 10.1 Å². The number of H-pyrrole nitrogens is 1. The average molecular weight is 459 g/mol. The lowest BCUT2D eigenvalue weighted by Gasteiger charge is -2.24. The second-order valence-electron chi connectivity index (χ2n) is 7.55. The van der Waals surface area contributed by atoms with Gasteiger partial charge in [-0.1, -0.05) is 12.8 Å². The molecule has 1 atom stereocenters. The van der Waals surface area contributed by atoms with Crippen molar-refractivity contribution in [2.24, 2.45) is 5.92 Å². The highest BCUT2D eigenvalue weighted by Crippen LogP contribution is 2.38. The van der Waals surface area contributed by atoms with Crippen LogP contribution in [0.25, 0.3) is 22.3 Å². The Bertz CT molecular complexity index is 1030. The molecular formula is C20H22F5N5O2. The molecule has 1 unspecified atom stereocenters. The Morgan fingerprint density at radius 2 is 1.91 bits per heavy atom. The number of rotatable bonds is 6. The maximum atomic E-state index is 12.8. The van der Waals surface area contributed by atoms with Gasteiger partial charge in [-0.3, -0.25) is 4.68 Å². The van der Waals surface area contributed by atoms with Crippen molar-refractivity contribution in [1.29, 1.82) is 0 Å². The number of fused-ring (bicyclic) bond motifs is 1. The number of carbonyl (C=O) groups is 1. The van der Waals surface area contributed by atoms with Crippen molar-refractivity contribution < 1.29 is 31.9 Å². The Balaban J connectivity index is 0.000000360. The molecule has 1 aliphatic carbocycles. The van der Waals surface area contributed by atoms with E-state index in [-0.39, 0.29) is 12.5 Å². The van der Waals surface area contributed by atoms with Crippen LogP contribution >= 0.6 is 0 Å². The summed E-state index contributed by atoms with van der Waals surface area (Å²) in [6, 6.07) is 1.97. The molecule has 7 nitrogen and oxygen atoms in total. The summed E-state index contributed by atoms with van der Waals surface area (Å²) in [5.74, 6) is -2.32. The first-order chi connectivity index (χ1) is 15.2. The van der Waals surface area contributed by atoms with E-state index >= 15 is 0 Å². The van der Waals surface area contributed by atoms with Gasteiger partial charge in [-0.2, -0.15) is 18.3 Å². The van der Waals surface area contributed by atoms with Gasteiger partial charge in [-0.15, -0.1) is 0 Å². The molecule has 0 aromatic carbocycles. The average Bonchev–Trinajstić information content (AvgIpc) is 3.49. The van der Waals surface area contributed by atoms with E-state index in [4.69, 9.17) is 9.90 Å². The van der Waals surface area contributed by atoms with Crippen molar-refractivity contribution in [3.8, 4) is 11.3 Å². The Morgan fingerprint density at radius 3 is 2.53 bits per heavy atom. The Labute approximate surface area is 179 Å². The number of carboxylic acids is 1. The fourth-order valence-electron chi connectivity index (χ4n) is 3.97. The molecule has 0 radical (unpaired) electrons. The minimum Gasteiger partial charge on any atom is -0.475 e. The van der Waals surface area contributed by atoms with Crippen molar-refractivity contribution in [2.75, 3.05) is 0 Å². The zero-order valence-corrected chi connectivity index (χ0v) is 16.9. The summed E-state index contributed by atoms with van der Waals surface area (Å²) < 4.78 is 59.1. The summed E-state index contributed by atoms with van der Waals surface area (Å²) in [6.45, 7) is 0. The van der Waals surface area contributed by atoms with Crippen LogP contribution in [0.4, 0.5) is 22.0 Å². The Kier molecular flexibility index (Phi) is 7.41. The first-order valence-corrected chi connectivity index (χ1v) is 10.1. The van der Waals surface area contributed by atoms with Crippen LogP contribution in [-0.2, 0) is 4.79 Å². The highest BCUT2D eigenvalue weighted by molar-refractivity contribution is 5.89. The quantitative estimate of drug-likeness (QED) is 0.492. The number of aromatic amines is 1. The highest BCUT2D eigenvalue weighted by atomic mass is 19.4. The number of alkyl halides is 5. The highest BCUT2D eigenvalue weighted by Gasteiger charge is 2.38. The van der Waals surface area contributed by atoms with Crippen molar-refractivity contribution in [1.82, 2.24) is 24.7 Å². The van der Waals surface area contributed by atoms with Gasteiger partial charge in [0, 0.05) is 29.8 Å². The van der Waals surface area contributed by atoms with Crippen molar-refractivity contribution in [3.63, 3.8) is 0 Å². The molecule has 1 fully saturated rings. The van der Waals surface area contributed by atoms with Crippen LogP contribution in [0.15, 0.2) is 31.0 Å². The van der Waals surface area contributed by atoms with Crippen LogP contribution in [0.3, 0.4) is 0 Å². The smallest absolute Gasteiger partial charge is 0.475 e. The van der Waals surface area contributed by atoms with Gasteiger partial charge in [0.1, 0.15) is 12.0 Å². The molecule has 0 aliphatic heterocycles. The van der Waals surface area contributed by atoms with Gasteiger partial charge in [-0.25, -0.2) is 23.5 Å².